The molecular weight excluding hydrogens is 246 g/mol. The molecule has 0 unspecified atom stereocenters. The number of carbonyl (C=O) groups excluding carboxylic acids is 1. The van der Waals surface area contributed by atoms with Gasteiger partial charge in [-0.05, 0) is 37.8 Å². The summed E-state index contributed by atoms with van der Waals surface area (Å²) >= 11 is 1.75. The number of rotatable bonds is 5. The molecule has 100 valence electrons. The summed E-state index contributed by atoms with van der Waals surface area (Å²) in [5, 5.41) is 9.70. The molecular formula is C14H21NO2S. The number of nitrogens with zero attached hydrogens (tertiary/aromatic N) is 1. The minimum atomic E-state index is -0.872. The molecule has 0 saturated carbocycles. The lowest BCUT2D eigenvalue weighted by atomic mass is 10.1. The fourth-order valence-electron chi connectivity index (χ4n) is 1.78. The second-order valence-corrected chi connectivity index (χ2v) is 5.97. The Hall–Kier alpha value is -1.00. The zero-order valence-corrected chi connectivity index (χ0v) is 12.3. The van der Waals surface area contributed by atoms with E-state index < -0.39 is 5.60 Å². The zero-order chi connectivity index (χ0) is 13.8. The third-order valence-corrected chi connectivity index (χ3v) is 3.10. The van der Waals surface area contributed by atoms with Gasteiger partial charge in [-0.3, -0.25) is 4.79 Å². The summed E-state index contributed by atoms with van der Waals surface area (Å²) in [6.45, 7) is 3.70. The SMILES string of the molecule is CSCc1ccc(C(=O)N(C)CC(C)(C)O)cc1. The van der Waals surface area contributed by atoms with Crippen LogP contribution in [0.25, 0.3) is 0 Å². The Morgan fingerprint density at radius 1 is 1.33 bits per heavy atom. The summed E-state index contributed by atoms with van der Waals surface area (Å²) in [7, 11) is 1.70. The number of hydrogen-bond acceptors (Lipinski definition) is 3. The molecule has 0 radical (unpaired) electrons. The highest BCUT2D eigenvalue weighted by atomic mass is 32.2. The van der Waals surface area contributed by atoms with Crippen LogP contribution in [0, 0.1) is 0 Å². The molecule has 0 bridgehead atoms. The lowest BCUT2D eigenvalue weighted by molar-refractivity contribution is 0.0368. The lowest BCUT2D eigenvalue weighted by Crippen LogP contribution is -2.39. The third-order valence-electron chi connectivity index (χ3n) is 2.48. The third kappa shape index (κ3) is 4.70. The van der Waals surface area contributed by atoms with Gasteiger partial charge < -0.3 is 10.0 Å². The molecule has 0 aromatic heterocycles. The smallest absolute Gasteiger partial charge is 0.253 e. The van der Waals surface area contributed by atoms with Crippen LogP contribution in [0.15, 0.2) is 24.3 Å². The van der Waals surface area contributed by atoms with Gasteiger partial charge in [0, 0.05) is 24.9 Å². The zero-order valence-electron chi connectivity index (χ0n) is 11.4. The second-order valence-electron chi connectivity index (χ2n) is 5.10. The molecule has 0 aliphatic heterocycles. The molecule has 18 heavy (non-hydrogen) atoms. The molecule has 1 rings (SSSR count). The molecule has 3 nitrogen and oxygen atoms in total. The van der Waals surface area contributed by atoms with Gasteiger partial charge in [0.05, 0.1) is 5.60 Å². The highest BCUT2D eigenvalue weighted by Crippen LogP contribution is 2.13. The fraction of sp³-hybridized carbons (Fsp3) is 0.500. The molecule has 0 fully saturated rings. The summed E-state index contributed by atoms with van der Waals surface area (Å²) in [5.74, 6) is 0.890. The van der Waals surface area contributed by atoms with Crippen LogP contribution in [-0.4, -0.2) is 41.4 Å². The number of carbonyl (C=O) groups is 1. The Morgan fingerprint density at radius 3 is 2.33 bits per heavy atom. The van der Waals surface area contributed by atoms with E-state index in [9.17, 15) is 9.90 Å². The molecule has 1 aromatic carbocycles. The number of thioether (sulfide) groups is 1. The number of amides is 1. The highest BCUT2D eigenvalue weighted by Gasteiger charge is 2.20. The molecule has 4 heteroatoms. The van der Waals surface area contributed by atoms with Crippen molar-refractivity contribution < 1.29 is 9.90 Å². The second kappa shape index (κ2) is 6.25. The Kier molecular flexibility index (Phi) is 5.23. The highest BCUT2D eigenvalue weighted by molar-refractivity contribution is 7.97. The first kappa shape index (κ1) is 15.1. The van der Waals surface area contributed by atoms with Crippen LogP contribution in [-0.2, 0) is 5.75 Å². The van der Waals surface area contributed by atoms with Crippen molar-refractivity contribution >= 4 is 17.7 Å². The summed E-state index contributed by atoms with van der Waals surface area (Å²) in [4.78, 5) is 13.6. The van der Waals surface area contributed by atoms with Gasteiger partial charge in [0.2, 0.25) is 0 Å². The molecule has 0 atom stereocenters. The fourth-order valence-corrected chi connectivity index (χ4v) is 2.31. The Bertz CT molecular complexity index is 395. The van der Waals surface area contributed by atoms with Crippen molar-refractivity contribution in [1.82, 2.24) is 4.90 Å². The predicted molar refractivity (Wildman–Crippen MR) is 76.9 cm³/mol. The van der Waals surface area contributed by atoms with Crippen molar-refractivity contribution in [2.45, 2.75) is 25.2 Å². The normalized spacial score (nSPS) is 11.4. The van der Waals surface area contributed by atoms with Crippen LogP contribution >= 0.6 is 11.8 Å². The average Bonchev–Trinajstić information content (AvgIpc) is 2.27. The Balaban J connectivity index is 2.72. The van der Waals surface area contributed by atoms with Gasteiger partial charge in [0.25, 0.3) is 5.91 Å². The number of aliphatic hydroxyl groups is 1. The van der Waals surface area contributed by atoms with Crippen LogP contribution in [0.1, 0.15) is 29.8 Å². The molecule has 0 spiro atoms. The summed E-state index contributed by atoms with van der Waals surface area (Å²) in [5.41, 5.74) is 0.999. The van der Waals surface area contributed by atoms with E-state index in [4.69, 9.17) is 0 Å². The first-order valence-electron chi connectivity index (χ1n) is 5.89. The molecule has 1 N–H and O–H groups in total. The van der Waals surface area contributed by atoms with Gasteiger partial charge >= 0.3 is 0 Å². The standard InChI is InChI=1S/C14H21NO2S/c1-14(2,17)10-15(3)13(16)12-7-5-11(6-8-12)9-18-4/h5-8,17H,9-10H2,1-4H3. The molecule has 1 aromatic rings. The van der Waals surface area contributed by atoms with Crippen molar-refractivity contribution in [1.29, 1.82) is 0 Å². The first-order chi connectivity index (χ1) is 8.33. The minimum Gasteiger partial charge on any atom is -0.389 e. The van der Waals surface area contributed by atoms with Gasteiger partial charge in [-0.1, -0.05) is 12.1 Å². The molecule has 1 amide bonds. The topological polar surface area (TPSA) is 40.5 Å². The Morgan fingerprint density at radius 2 is 1.89 bits per heavy atom. The van der Waals surface area contributed by atoms with Crippen molar-refractivity contribution in [3.05, 3.63) is 35.4 Å². The van der Waals surface area contributed by atoms with Crippen molar-refractivity contribution in [3.63, 3.8) is 0 Å². The predicted octanol–water partition coefficient (Wildman–Crippen LogP) is 2.39. The number of likely N-dealkylation sites (N-methyl/N-ethyl adjacent to an activating group) is 1. The van der Waals surface area contributed by atoms with Gasteiger partial charge in [-0.15, -0.1) is 0 Å². The van der Waals surface area contributed by atoms with Crippen molar-refractivity contribution in [2.24, 2.45) is 0 Å². The monoisotopic (exact) mass is 267 g/mol. The van der Waals surface area contributed by atoms with Crippen LogP contribution in [0.2, 0.25) is 0 Å². The van der Waals surface area contributed by atoms with E-state index in [1.807, 2.05) is 24.3 Å². The van der Waals surface area contributed by atoms with E-state index >= 15 is 0 Å². The van der Waals surface area contributed by atoms with E-state index in [1.165, 1.54) is 5.56 Å². The van der Waals surface area contributed by atoms with Crippen LogP contribution < -0.4 is 0 Å². The molecule has 0 aliphatic rings. The summed E-state index contributed by atoms with van der Waals surface area (Å²) in [6, 6.07) is 7.63. The first-order valence-corrected chi connectivity index (χ1v) is 7.28. The van der Waals surface area contributed by atoms with E-state index in [0.717, 1.165) is 5.75 Å². The van der Waals surface area contributed by atoms with Gasteiger partial charge in [-0.2, -0.15) is 11.8 Å². The number of hydrogen-bond donors (Lipinski definition) is 1. The quantitative estimate of drug-likeness (QED) is 0.890. The van der Waals surface area contributed by atoms with Gasteiger partial charge in [0.1, 0.15) is 0 Å². The van der Waals surface area contributed by atoms with Crippen molar-refractivity contribution in [3.8, 4) is 0 Å². The lowest BCUT2D eigenvalue weighted by Gasteiger charge is -2.25. The van der Waals surface area contributed by atoms with Gasteiger partial charge in [0.15, 0.2) is 0 Å². The van der Waals surface area contributed by atoms with E-state index in [2.05, 4.69) is 6.26 Å². The maximum absolute atomic E-state index is 12.1. The van der Waals surface area contributed by atoms with E-state index in [0.29, 0.717) is 12.1 Å². The number of benzene rings is 1. The minimum absolute atomic E-state index is 0.0622. The summed E-state index contributed by atoms with van der Waals surface area (Å²) < 4.78 is 0. The maximum Gasteiger partial charge on any atom is 0.253 e. The molecule has 0 aliphatic carbocycles. The van der Waals surface area contributed by atoms with Crippen LogP contribution in [0.5, 0.6) is 0 Å². The molecule has 0 heterocycles. The Labute approximate surface area is 113 Å². The van der Waals surface area contributed by atoms with Crippen LogP contribution in [0.4, 0.5) is 0 Å². The average molecular weight is 267 g/mol. The van der Waals surface area contributed by atoms with Crippen molar-refractivity contribution in [2.75, 3.05) is 19.8 Å². The van der Waals surface area contributed by atoms with E-state index in [1.54, 1.807) is 37.6 Å². The summed E-state index contributed by atoms with van der Waals surface area (Å²) in [6.07, 6.45) is 2.05. The van der Waals surface area contributed by atoms with Gasteiger partial charge in [-0.25, -0.2) is 0 Å². The molecule has 0 saturated heterocycles. The largest absolute Gasteiger partial charge is 0.389 e. The maximum atomic E-state index is 12.1. The van der Waals surface area contributed by atoms with E-state index in [-0.39, 0.29) is 5.91 Å². The van der Waals surface area contributed by atoms with Crippen LogP contribution in [0.3, 0.4) is 0 Å².